The van der Waals surface area contributed by atoms with E-state index in [1.54, 1.807) is 0 Å². The highest BCUT2D eigenvalue weighted by atomic mass is 16.5. The first-order valence-corrected chi connectivity index (χ1v) is 3.96. The van der Waals surface area contributed by atoms with Crippen molar-refractivity contribution in [2.45, 2.75) is 25.8 Å². The predicted molar refractivity (Wildman–Crippen MR) is 42.3 cm³/mol. The van der Waals surface area contributed by atoms with Crippen molar-refractivity contribution in [1.29, 1.82) is 0 Å². The molecule has 1 aromatic heterocycles. The number of hydrogen-bond donors (Lipinski definition) is 2. The third kappa shape index (κ3) is 2.02. The summed E-state index contributed by atoms with van der Waals surface area (Å²) in [7, 11) is 0. The van der Waals surface area contributed by atoms with E-state index in [1.807, 2.05) is 6.92 Å². The SMILES string of the molecule is CCCc1noc(C(N)CO)n1. The van der Waals surface area contributed by atoms with Gasteiger partial charge in [-0.05, 0) is 6.42 Å². The lowest BCUT2D eigenvalue weighted by atomic mass is 10.3. The van der Waals surface area contributed by atoms with E-state index in [2.05, 4.69) is 10.1 Å². The van der Waals surface area contributed by atoms with Crippen molar-refractivity contribution in [3.63, 3.8) is 0 Å². The largest absolute Gasteiger partial charge is 0.394 e. The average molecular weight is 171 g/mol. The van der Waals surface area contributed by atoms with Crippen LogP contribution in [0.1, 0.15) is 31.1 Å². The maximum Gasteiger partial charge on any atom is 0.245 e. The number of rotatable bonds is 4. The molecule has 12 heavy (non-hydrogen) atoms. The van der Waals surface area contributed by atoms with Crippen LogP contribution in [0, 0.1) is 0 Å². The summed E-state index contributed by atoms with van der Waals surface area (Å²) in [4.78, 5) is 4.01. The molecule has 1 unspecified atom stereocenters. The number of hydrogen-bond acceptors (Lipinski definition) is 5. The van der Waals surface area contributed by atoms with Crippen molar-refractivity contribution in [1.82, 2.24) is 10.1 Å². The van der Waals surface area contributed by atoms with Crippen LogP contribution in [0.4, 0.5) is 0 Å². The van der Waals surface area contributed by atoms with Gasteiger partial charge in [0.2, 0.25) is 5.89 Å². The van der Waals surface area contributed by atoms with Gasteiger partial charge in [-0.2, -0.15) is 4.98 Å². The molecule has 1 heterocycles. The van der Waals surface area contributed by atoms with Gasteiger partial charge in [-0.1, -0.05) is 12.1 Å². The molecule has 1 aromatic rings. The fraction of sp³-hybridized carbons (Fsp3) is 0.714. The Labute approximate surface area is 70.6 Å². The minimum absolute atomic E-state index is 0.173. The van der Waals surface area contributed by atoms with Crippen molar-refractivity contribution < 1.29 is 9.63 Å². The minimum Gasteiger partial charge on any atom is -0.394 e. The summed E-state index contributed by atoms with van der Waals surface area (Å²) in [6.07, 6.45) is 1.75. The molecule has 0 fully saturated rings. The summed E-state index contributed by atoms with van der Waals surface area (Å²) in [5, 5.41) is 12.4. The third-order valence-corrected chi connectivity index (χ3v) is 1.47. The van der Waals surface area contributed by atoms with E-state index in [1.165, 1.54) is 0 Å². The molecule has 5 heteroatoms. The summed E-state index contributed by atoms with van der Waals surface area (Å²) in [6.45, 7) is 1.86. The first-order valence-electron chi connectivity index (χ1n) is 3.96. The van der Waals surface area contributed by atoms with Crippen LogP contribution in [-0.4, -0.2) is 21.9 Å². The van der Waals surface area contributed by atoms with Crippen LogP contribution in [0.15, 0.2) is 4.52 Å². The molecule has 5 nitrogen and oxygen atoms in total. The lowest BCUT2D eigenvalue weighted by Crippen LogP contribution is -2.14. The van der Waals surface area contributed by atoms with Crippen molar-refractivity contribution in [2.75, 3.05) is 6.61 Å². The molecule has 1 atom stereocenters. The van der Waals surface area contributed by atoms with Crippen molar-refractivity contribution in [2.24, 2.45) is 5.73 Å². The number of nitrogens with zero attached hydrogens (tertiary/aromatic N) is 2. The molecule has 0 radical (unpaired) electrons. The maximum atomic E-state index is 8.67. The smallest absolute Gasteiger partial charge is 0.245 e. The van der Waals surface area contributed by atoms with Crippen molar-refractivity contribution >= 4 is 0 Å². The van der Waals surface area contributed by atoms with E-state index in [-0.39, 0.29) is 6.61 Å². The normalized spacial score (nSPS) is 13.2. The molecular formula is C7H13N3O2. The van der Waals surface area contributed by atoms with Gasteiger partial charge < -0.3 is 15.4 Å². The number of aryl methyl sites for hydroxylation is 1. The monoisotopic (exact) mass is 171 g/mol. The van der Waals surface area contributed by atoms with Gasteiger partial charge in [0.25, 0.3) is 0 Å². The second-order valence-corrected chi connectivity index (χ2v) is 2.59. The third-order valence-electron chi connectivity index (χ3n) is 1.47. The van der Waals surface area contributed by atoms with E-state index in [9.17, 15) is 0 Å². The summed E-state index contributed by atoms with van der Waals surface area (Å²) >= 11 is 0. The van der Waals surface area contributed by atoms with Gasteiger partial charge in [0.05, 0.1) is 6.61 Å². The first kappa shape index (κ1) is 9.15. The maximum absolute atomic E-state index is 8.67. The Morgan fingerprint density at radius 2 is 2.42 bits per heavy atom. The molecule has 3 N–H and O–H groups in total. The van der Waals surface area contributed by atoms with E-state index < -0.39 is 6.04 Å². The number of aliphatic hydroxyl groups is 1. The van der Waals surface area contributed by atoms with Crippen LogP contribution < -0.4 is 5.73 Å². The highest BCUT2D eigenvalue weighted by molar-refractivity contribution is 4.91. The molecule has 0 bridgehead atoms. The van der Waals surface area contributed by atoms with E-state index in [0.717, 1.165) is 12.8 Å². The molecule has 0 aliphatic rings. The van der Waals surface area contributed by atoms with Gasteiger partial charge in [0.15, 0.2) is 5.82 Å². The Hall–Kier alpha value is -0.940. The van der Waals surface area contributed by atoms with Gasteiger partial charge in [-0.3, -0.25) is 0 Å². The van der Waals surface area contributed by atoms with Crippen LogP contribution >= 0.6 is 0 Å². The van der Waals surface area contributed by atoms with E-state index in [0.29, 0.717) is 11.7 Å². The first-order chi connectivity index (χ1) is 5.77. The second-order valence-electron chi connectivity index (χ2n) is 2.59. The van der Waals surface area contributed by atoms with Crippen LogP contribution in [0.3, 0.4) is 0 Å². The average Bonchev–Trinajstić information content (AvgIpc) is 2.52. The van der Waals surface area contributed by atoms with Crippen molar-refractivity contribution in [3.8, 4) is 0 Å². The summed E-state index contributed by atoms with van der Waals surface area (Å²) in [6, 6.07) is -0.553. The highest BCUT2D eigenvalue weighted by Gasteiger charge is 2.12. The van der Waals surface area contributed by atoms with Crippen LogP contribution in [0.25, 0.3) is 0 Å². The molecule has 0 saturated heterocycles. The number of aliphatic hydroxyl groups excluding tert-OH is 1. The predicted octanol–water partition coefficient (Wildman–Crippen LogP) is 0.0142. The quantitative estimate of drug-likeness (QED) is 0.666. The topological polar surface area (TPSA) is 85.2 Å². The fourth-order valence-corrected chi connectivity index (χ4v) is 0.821. The Morgan fingerprint density at radius 3 is 3.00 bits per heavy atom. The van der Waals surface area contributed by atoms with Crippen LogP contribution in [0.2, 0.25) is 0 Å². The summed E-state index contributed by atoms with van der Waals surface area (Å²) < 4.78 is 4.82. The fourth-order valence-electron chi connectivity index (χ4n) is 0.821. The van der Waals surface area contributed by atoms with Gasteiger partial charge in [-0.25, -0.2) is 0 Å². The molecule has 68 valence electrons. The Balaban J connectivity index is 2.63. The standard InChI is InChI=1S/C7H13N3O2/c1-2-3-6-9-7(12-10-6)5(8)4-11/h5,11H,2-4,8H2,1H3. The van der Waals surface area contributed by atoms with E-state index in [4.69, 9.17) is 15.4 Å². The molecule has 0 amide bonds. The minimum atomic E-state index is -0.553. The Kier molecular flexibility index (Phi) is 3.19. The van der Waals surface area contributed by atoms with Gasteiger partial charge in [0.1, 0.15) is 6.04 Å². The molecule has 0 saturated carbocycles. The molecule has 1 rings (SSSR count). The van der Waals surface area contributed by atoms with Crippen molar-refractivity contribution in [3.05, 3.63) is 11.7 Å². The lowest BCUT2D eigenvalue weighted by molar-refractivity contribution is 0.236. The highest BCUT2D eigenvalue weighted by Crippen LogP contribution is 2.07. The van der Waals surface area contributed by atoms with Gasteiger partial charge >= 0.3 is 0 Å². The van der Waals surface area contributed by atoms with Crippen LogP contribution in [0.5, 0.6) is 0 Å². The van der Waals surface area contributed by atoms with Crippen LogP contribution in [-0.2, 0) is 6.42 Å². The number of aromatic nitrogens is 2. The van der Waals surface area contributed by atoms with E-state index >= 15 is 0 Å². The summed E-state index contributed by atoms with van der Waals surface area (Å²) in [5.74, 6) is 0.956. The lowest BCUT2D eigenvalue weighted by Gasteiger charge is -1.98. The number of nitrogens with two attached hydrogens (primary N) is 1. The second kappa shape index (κ2) is 4.18. The molecular weight excluding hydrogens is 158 g/mol. The van der Waals surface area contributed by atoms with Gasteiger partial charge in [0, 0.05) is 6.42 Å². The molecule has 0 aromatic carbocycles. The Bertz CT molecular complexity index is 236. The zero-order valence-electron chi connectivity index (χ0n) is 7.03. The molecule has 0 aliphatic heterocycles. The van der Waals surface area contributed by atoms with Gasteiger partial charge in [-0.15, -0.1) is 0 Å². The molecule has 0 aliphatic carbocycles. The Morgan fingerprint density at radius 1 is 1.67 bits per heavy atom. The summed E-state index contributed by atoms with van der Waals surface area (Å²) in [5.41, 5.74) is 5.46. The zero-order chi connectivity index (χ0) is 8.97. The molecule has 0 spiro atoms. The zero-order valence-corrected chi connectivity index (χ0v) is 7.03.